The number of hydrogen-bond acceptors (Lipinski definition) is 6. The van der Waals surface area contributed by atoms with Crippen LogP contribution >= 0.6 is 11.3 Å². The van der Waals surface area contributed by atoms with Crippen molar-refractivity contribution in [2.75, 3.05) is 13.1 Å². The van der Waals surface area contributed by atoms with Crippen molar-refractivity contribution in [3.05, 3.63) is 92.7 Å². The van der Waals surface area contributed by atoms with Gasteiger partial charge < -0.3 is 4.90 Å². The van der Waals surface area contributed by atoms with E-state index in [1.165, 1.54) is 23.5 Å². The number of nitrogens with zero attached hydrogens (tertiary/aromatic N) is 3. The highest BCUT2D eigenvalue weighted by molar-refractivity contribution is 7.89. The highest BCUT2D eigenvalue weighted by atomic mass is 32.2. The lowest BCUT2D eigenvalue weighted by atomic mass is 10.2. The number of rotatable bonds is 11. The first-order valence-electron chi connectivity index (χ1n) is 10.8. The Morgan fingerprint density at radius 2 is 1.68 bits per heavy atom. The maximum Gasteiger partial charge on any atom is 0.269 e. The summed E-state index contributed by atoms with van der Waals surface area (Å²) in [5, 5.41) is 12.9. The van der Waals surface area contributed by atoms with Crippen LogP contribution < -0.4 is 0 Å². The molecule has 1 aromatic heterocycles. The number of sulfonamides is 1. The summed E-state index contributed by atoms with van der Waals surface area (Å²) in [4.78, 5) is 26.3. The minimum Gasteiger partial charge on any atom is -0.332 e. The molecule has 0 aliphatic rings. The number of carbonyl (C=O) groups excluding carboxylic acids is 1. The zero-order valence-electron chi connectivity index (χ0n) is 19.0. The van der Waals surface area contributed by atoms with Crippen LogP contribution in [0.5, 0.6) is 0 Å². The molecule has 0 unspecified atom stereocenters. The van der Waals surface area contributed by atoms with Crippen molar-refractivity contribution < 1.29 is 18.1 Å². The summed E-state index contributed by atoms with van der Waals surface area (Å²) in [7, 11) is -4.04. The Morgan fingerprint density at radius 3 is 2.24 bits per heavy atom. The number of benzene rings is 2. The molecule has 2 aromatic carbocycles. The molecule has 10 heteroatoms. The van der Waals surface area contributed by atoms with E-state index in [0.717, 1.165) is 26.9 Å². The van der Waals surface area contributed by atoms with Gasteiger partial charge in [0, 0.05) is 30.1 Å². The molecule has 0 aliphatic carbocycles. The molecule has 0 aliphatic heterocycles. The van der Waals surface area contributed by atoms with Gasteiger partial charge in [0.1, 0.15) is 0 Å². The summed E-state index contributed by atoms with van der Waals surface area (Å²) in [6.45, 7) is 4.29. The van der Waals surface area contributed by atoms with Crippen molar-refractivity contribution >= 4 is 33.0 Å². The second-order valence-corrected chi connectivity index (χ2v) is 11.2. The van der Waals surface area contributed by atoms with E-state index in [1.54, 1.807) is 4.90 Å². The van der Waals surface area contributed by atoms with E-state index in [-0.39, 0.29) is 35.5 Å². The summed E-state index contributed by atoms with van der Waals surface area (Å²) >= 11 is 1.53. The van der Waals surface area contributed by atoms with Crippen molar-refractivity contribution in [1.82, 2.24) is 9.21 Å². The van der Waals surface area contributed by atoms with Gasteiger partial charge in [-0.3, -0.25) is 14.9 Å². The van der Waals surface area contributed by atoms with E-state index in [9.17, 15) is 23.3 Å². The van der Waals surface area contributed by atoms with Crippen LogP contribution in [0.25, 0.3) is 0 Å². The van der Waals surface area contributed by atoms with Gasteiger partial charge in [0.25, 0.3) is 5.69 Å². The molecule has 1 amide bonds. The Bertz CT molecular complexity index is 1200. The van der Waals surface area contributed by atoms with Crippen molar-refractivity contribution in [2.45, 2.75) is 31.8 Å². The summed E-state index contributed by atoms with van der Waals surface area (Å²) in [5.74, 6) is -0.344. The Morgan fingerprint density at radius 1 is 1.00 bits per heavy atom. The van der Waals surface area contributed by atoms with E-state index in [2.05, 4.69) is 0 Å². The van der Waals surface area contributed by atoms with Crippen molar-refractivity contribution in [2.24, 2.45) is 5.92 Å². The van der Waals surface area contributed by atoms with Crippen LogP contribution in [0, 0.1) is 16.0 Å². The topological polar surface area (TPSA) is 101 Å². The van der Waals surface area contributed by atoms with E-state index in [0.29, 0.717) is 13.1 Å². The number of amides is 1. The van der Waals surface area contributed by atoms with Crippen LogP contribution in [0.1, 0.15) is 24.3 Å². The molecule has 0 saturated heterocycles. The summed E-state index contributed by atoms with van der Waals surface area (Å²) < 4.78 is 27.9. The lowest BCUT2D eigenvalue weighted by molar-refractivity contribution is -0.384. The Hall–Kier alpha value is -3.08. The number of non-ortho nitro benzene ring substituents is 1. The van der Waals surface area contributed by atoms with Gasteiger partial charge in [0.05, 0.1) is 22.9 Å². The fraction of sp³-hybridized carbons (Fsp3) is 0.292. The van der Waals surface area contributed by atoms with Gasteiger partial charge in [-0.05, 0) is 35.1 Å². The summed E-state index contributed by atoms with van der Waals surface area (Å²) in [6.07, 6.45) is 0. The van der Waals surface area contributed by atoms with E-state index >= 15 is 0 Å². The van der Waals surface area contributed by atoms with Crippen LogP contribution in [0.4, 0.5) is 5.69 Å². The van der Waals surface area contributed by atoms with Gasteiger partial charge in [-0.15, -0.1) is 11.3 Å². The largest absolute Gasteiger partial charge is 0.332 e. The van der Waals surface area contributed by atoms with Crippen LogP contribution in [0.2, 0.25) is 0 Å². The highest BCUT2D eigenvalue weighted by Gasteiger charge is 2.29. The third kappa shape index (κ3) is 6.72. The van der Waals surface area contributed by atoms with Crippen molar-refractivity contribution in [1.29, 1.82) is 0 Å². The number of nitro benzene ring substituents is 1. The molecule has 34 heavy (non-hydrogen) atoms. The molecular formula is C24H27N3O5S2. The molecule has 0 spiro atoms. The fourth-order valence-corrected chi connectivity index (χ4v) is 5.69. The maximum absolute atomic E-state index is 13.4. The van der Waals surface area contributed by atoms with Gasteiger partial charge in [-0.25, -0.2) is 8.42 Å². The lowest BCUT2D eigenvalue weighted by Crippen LogP contribution is -2.43. The number of nitro groups is 1. The first-order valence-corrected chi connectivity index (χ1v) is 13.1. The fourth-order valence-electron chi connectivity index (χ4n) is 3.42. The Balaban J connectivity index is 1.87. The standard InChI is InChI=1S/C24H27N3O5S2/c1-19(2)15-26(34(31,32)23-12-10-21(11-13-23)27(29)30)18-24(28)25(17-22-9-6-14-33-22)16-20-7-4-3-5-8-20/h3-14,19H,15-18H2,1-2H3. The van der Waals surface area contributed by atoms with Crippen molar-refractivity contribution in [3.8, 4) is 0 Å². The quantitative estimate of drug-likeness (QED) is 0.284. The maximum atomic E-state index is 13.4. The minimum absolute atomic E-state index is 0.0273. The normalized spacial score (nSPS) is 11.6. The molecule has 1 heterocycles. The molecule has 0 radical (unpaired) electrons. The third-order valence-corrected chi connectivity index (χ3v) is 7.75. The predicted octanol–water partition coefficient (Wildman–Crippen LogP) is 4.53. The van der Waals surface area contributed by atoms with Gasteiger partial charge in [-0.2, -0.15) is 4.31 Å². The molecule has 0 atom stereocenters. The van der Waals surface area contributed by atoms with Crippen LogP contribution in [-0.4, -0.2) is 41.5 Å². The Kier molecular flexibility index (Phi) is 8.54. The van der Waals surface area contributed by atoms with Gasteiger partial charge in [-0.1, -0.05) is 50.2 Å². The molecule has 8 nitrogen and oxygen atoms in total. The zero-order chi connectivity index (χ0) is 24.7. The molecule has 0 bridgehead atoms. The number of carbonyl (C=O) groups is 1. The molecule has 0 N–H and O–H groups in total. The molecule has 180 valence electrons. The predicted molar refractivity (Wildman–Crippen MR) is 132 cm³/mol. The van der Waals surface area contributed by atoms with E-state index in [4.69, 9.17) is 0 Å². The highest BCUT2D eigenvalue weighted by Crippen LogP contribution is 2.22. The second-order valence-electron chi connectivity index (χ2n) is 8.26. The average molecular weight is 502 g/mol. The SMILES string of the molecule is CC(C)CN(CC(=O)N(Cc1ccccc1)Cc1cccs1)S(=O)(=O)c1ccc([N+](=O)[O-])cc1. The minimum atomic E-state index is -4.04. The number of thiophene rings is 1. The summed E-state index contributed by atoms with van der Waals surface area (Å²) in [6, 6.07) is 18.1. The molecule has 0 saturated carbocycles. The van der Waals surface area contributed by atoms with Crippen molar-refractivity contribution in [3.63, 3.8) is 0 Å². The third-order valence-electron chi connectivity index (χ3n) is 5.06. The zero-order valence-corrected chi connectivity index (χ0v) is 20.7. The van der Waals surface area contributed by atoms with Crippen LogP contribution in [-0.2, 0) is 27.9 Å². The molecule has 3 aromatic rings. The Labute approximate surface area is 203 Å². The smallest absolute Gasteiger partial charge is 0.269 e. The van der Waals surface area contributed by atoms with Crippen LogP contribution in [0.3, 0.4) is 0 Å². The van der Waals surface area contributed by atoms with E-state index < -0.39 is 14.9 Å². The van der Waals surface area contributed by atoms with E-state index in [1.807, 2.05) is 61.7 Å². The average Bonchev–Trinajstić information content (AvgIpc) is 3.32. The molecule has 3 rings (SSSR count). The second kappa shape index (κ2) is 11.4. The molecule has 0 fully saturated rings. The lowest BCUT2D eigenvalue weighted by Gasteiger charge is -2.28. The monoisotopic (exact) mass is 501 g/mol. The summed E-state index contributed by atoms with van der Waals surface area (Å²) in [5.41, 5.74) is 0.747. The number of hydrogen-bond donors (Lipinski definition) is 0. The van der Waals surface area contributed by atoms with Gasteiger partial charge in [0.15, 0.2) is 0 Å². The van der Waals surface area contributed by atoms with Gasteiger partial charge in [0.2, 0.25) is 15.9 Å². The first-order chi connectivity index (χ1) is 16.2. The molecular weight excluding hydrogens is 474 g/mol. The van der Waals surface area contributed by atoms with Crippen LogP contribution in [0.15, 0.2) is 77.0 Å². The van der Waals surface area contributed by atoms with Gasteiger partial charge >= 0.3 is 0 Å². The first kappa shape index (κ1) is 25.5.